The Balaban J connectivity index is 1.87. The molecular weight excluding hydrogens is 196 g/mol. The van der Waals surface area contributed by atoms with Crippen LogP contribution in [0.3, 0.4) is 0 Å². The van der Waals surface area contributed by atoms with Gasteiger partial charge in [0.05, 0.1) is 12.2 Å². The van der Waals surface area contributed by atoms with E-state index in [9.17, 15) is 0 Å². The number of hydrogen-bond donors (Lipinski definition) is 2. The topological polar surface area (TPSA) is 107 Å². The summed E-state index contributed by atoms with van der Waals surface area (Å²) in [7, 11) is 0. The van der Waals surface area contributed by atoms with Gasteiger partial charge in [-0.3, -0.25) is 0 Å². The lowest BCUT2D eigenvalue weighted by molar-refractivity contribution is 0.343. The molecule has 7 nitrogen and oxygen atoms in total. The summed E-state index contributed by atoms with van der Waals surface area (Å²) in [5.74, 6) is 1.40. The van der Waals surface area contributed by atoms with Crippen molar-refractivity contribution in [3.05, 3.63) is 12.1 Å². The summed E-state index contributed by atoms with van der Waals surface area (Å²) in [6.45, 7) is 0. The van der Waals surface area contributed by atoms with E-state index in [1.54, 1.807) is 0 Å². The number of nitrogens with zero attached hydrogens (tertiary/aromatic N) is 4. The summed E-state index contributed by atoms with van der Waals surface area (Å²) in [6.07, 6.45) is 3.82. The SMILES string of the molecule is NC(c1nc(-c2cn[nH]n2)no1)C1CC1. The van der Waals surface area contributed by atoms with Gasteiger partial charge >= 0.3 is 0 Å². The van der Waals surface area contributed by atoms with Gasteiger partial charge in [0, 0.05) is 0 Å². The van der Waals surface area contributed by atoms with Gasteiger partial charge < -0.3 is 10.3 Å². The minimum Gasteiger partial charge on any atom is -0.337 e. The van der Waals surface area contributed by atoms with Gasteiger partial charge in [-0.15, -0.1) is 0 Å². The third-order valence-corrected chi connectivity index (χ3v) is 2.50. The van der Waals surface area contributed by atoms with Crippen LogP contribution in [0, 0.1) is 5.92 Å². The summed E-state index contributed by atoms with van der Waals surface area (Å²) < 4.78 is 5.08. The number of aromatic nitrogens is 5. The summed E-state index contributed by atoms with van der Waals surface area (Å²) in [6, 6.07) is -0.141. The van der Waals surface area contributed by atoms with Gasteiger partial charge in [0.2, 0.25) is 11.7 Å². The van der Waals surface area contributed by atoms with Crippen LogP contribution >= 0.6 is 0 Å². The Morgan fingerprint density at radius 3 is 3.07 bits per heavy atom. The third kappa shape index (κ3) is 1.50. The number of nitrogens with two attached hydrogens (primary N) is 1. The number of hydrogen-bond acceptors (Lipinski definition) is 6. The van der Waals surface area contributed by atoms with E-state index in [0.717, 1.165) is 12.8 Å². The Kier molecular flexibility index (Phi) is 1.78. The number of H-pyrrole nitrogens is 1. The van der Waals surface area contributed by atoms with Gasteiger partial charge in [-0.25, -0.2) is 0 Å². The van der Waals surface area contributed by atoms with Crippen molar-refractivity contribution < 1.29 is 4.52 Å². The van der Waals surface area contributed by atoms with E-state index in [-0.39, 0.29) is 6.04 Å². The molecule has 78 valence electrons. The lowest BCUT2D eigenvalue weighted by atomic mass is 10.2. The first-order valence-corrected chi connectivity index (χ1v) is 4.80. The minimum absolute atomic E-state index is 0.141. The molecule has 1 aliphatic carbocycles. The molecule has 0 radical (unpaired) electrons. The molecule has 2 heterocycles. The molecule has 3 N–H and O–H groups in total. The van der Waals surface area contributed by atoms with Gasteiger partial charge in [-0.1, -0.05) is 5.16 Å². The molecule has 0 aromatic carbocycles. The van der Waals surface area contributed by atoms with Crippen LogP contribution < -0.4 is 5.73 Å². The predicted molar refractivity (Wildman–Crippen MR) is 49.3 cm³/mol. The van der Waals surface area contributed by atoms with Crippen molar-refractivity contribution in [2.75, 3.05) is 0 Å². The predicted octanol–water partition coefficient (Wildman–Crippen LogP) is 0.264. The first-order chi connectivity index (χ1) is 7.34. The van der Waals surface area contributed by atoms with Gasteiger partial charge in [-0.05, 0) is 18.8 Å². The first kappa shape index (κ1) is 8.54. The van der Waals surface area contributed by atoms with E-state index >= 15 is 0 Å². The van der Waals surface area contributed by atoms with E-state index in [2.05, 4.69) is 25.6 Å². The smallest absolute Gasteiger partial charge is 0.244 e. The van der Waals surface area contributed by atoms with E-state index in [1.165, 1.54) is 6.20 Å². The summed E-state index contributed by atoms with van der Waals surface area (Å²) in [5, 5.41) is 13.8. The summed E-state index contributed by atoms with van der Waals surface area (Å²) in [4.78, 5) is 4.19. The lowest BCUT2D eigenvalue weighted by Gasteiger charge is -2.01. The van der Waals surface area contributed by atoms with Crippen LogP contribution in [0.25, 0.3) is 11.5 Å². The highest BCUT2D eigenvalue weighted by molar-refractivity contribution is 5.44. The first-order valence-electron chi connectivity index (χ1n) is 4.80. The quantitative estimate of drug-likeness (QED) is 0.746. The zero-order valence-electron chi connectivity index (χ0n) is 7.92. The molecule has 0 amide bonds. The molecule has 0 saturated heterocycles. The lowest BCUT2D eigenvalue weighted by Crippen LogP contribution is -2.12. The van der Waals surface area contributed by atoms with Crippen LogP contribution in [0.4, 0.5) is 0 Å². The van der Waals surface area contributed by atoms with Crippen LogP contribution in [-0.2, 0) is 0 Å². The molecular formula is C8H10N6O. The summed E-state index contributed by atoms with van der Waals surface area (Å²) >= 11 is 0. The monoisotopic (exact) mass is 206 g/mol. The normalized spacial score (nSPS) is 17.9. The molecule has 7 heteroatoms. The molecule has 2 aromatic rings. The minimum atomic E-state index is -0.141. The van der Waals surface area contributed by atoms with Crippen molar-refractivity contribution in [3.63, 3.8) is 0 Å². The van der Waals surface area contributed by atoms with Gasteiger partial charge in [-0.2, -0.15) is 20.4 Å². The largest absolute Gasteiger partial charge is 0.337 e. The highest BCUT2D eigenvalue weighted by Crippen LogP contribution is 2.38. The Bertz CT molecular complexity index is 445. The molecule has 1 fully saturated rings. The molecule has 3 rings (SSSR count). The van der Waals surface area contributed by atoms with Gasteiger partial charge in [0.1, 0.15) is 0 Å². The zero-order valence-corrected chi connectivity index (χ0v) is 7.92. The number of rotatable bonds is 3. The van der Waals surface area contributed by atoms with E-state index in [4.69, 9.17) is 10.3 Å². The maximum atomic E-state index is 5.93. The molecule has 0 bridgehead atoms. The molecule has 15 heavy (non-hydrogen) atoms. The number of nitrogens with one attached hydrogen (secondary N) is 1. The molecule has 0 aliphatic heterocycles. The van der Waals surface area contributed by atoms with Crippen LogP contribution in [0.1, 0.15) is 24.8 Å². The van der Waals surface area contributed by atoms with Crippen LogP contribution in [0.5, 0.6) is 0 Å². The fourth-order valence-electron chi connectivity index (χ4n) is 1.44. The van der Waals surface area contributed by atoms with E-state index in [1.807, 2.05) is 0 Å². The fourth-order valence-corrected chi connectivity index (χ4v) is 1.44. The molecule has 1 saturated carbocycles. The maximum absolute atomic E-state index is 5.93. The Hall–Kier alpha value is -1.76. The van der Waals surface area contributed by atoms with Crippen molar-refractivity contribution in [2.24, 2.45) is 11.7 Å². The van der Waals surface area contributed by atoms with Crippen LogP contribution in [0.15, 0.2) is 10.7 Å². The average Bonchev–Trinajstić information content (AvgIpc) is 2.80. The van der Waals surface area contributed by atoms with E-state index < -0.39 is 0 Å². The molecule has 0 spiro atoms. The molecule has 2 aromatic heterocycles. The van der Waals surface area contributed by atoms with E-state index in [0.29, 0.717) is 23.3 Å². The Labute approximate surface area is 85.1 Å². The maximum Gasteiger partial charge on any atom is 0.244 e. The zero-order chi connectivity index (χ0) is 10.3. The van der Waals surface area contributed by atoms with Crippen molar-refractivity contribution in [1.82, 2.24) is 25.6 Å². The summed E-state index contributed by atoms with van der Waals surface area (Å²) in [5.41, 5.74) is 6.49. The van der Waals surface area contributed by atoms with Crippen molar-refractivity contribution >= 4 is 0 Å². The Morgan fingerprint density at radius 1 is 1.53 bits per heavy atom. The van der Waals surface area contributed by atoms with Crippen molar-refractivity contribution in [2.45, 2.75) is 18.9 Å². The van der Waals surface area contributed by atoms with Crippen molar-refractivity contribution in [3.8, 4) is 11.5 Å². The second-order valence-electron chi connectivity index (χ2n) is 3.67. The van der Waals surface area contributed by atoms with Gasteiger partial charge in [0.25, 0.3) is 0 Å². The van der Waals surface area contributed by atoms with Crippen LogP contribution in [0.2, 0.25) is 0 Å². The van der Waals surface area contributed by atoms with Crippen molar-refractivity contribution in [1.29, 1.82) is 0 Å². The second-order valence-corrected chi connectivity index (χ2v) is 3.67. The van der Waals surface area contributed by atoms with Crippen LogP contribution in [-0.4, -0.2) is 25.6 Å². The van der Waals surface area contributed by atoms with Gasteiger partial charge in [0.15, 0.2) is 5.69 Å². The highest BCUT2D eigenvalue weighted by atomic mass is 16.5. The second kappa shape index (κ2) is 3.13. The molecule has 1 aliphatic rings. The molecule has 1 atom stereocenters. The highest BCUT2D eigenvalue weighted by Gasteiger charge is 2.33. The number of aromatic amines is 1. The fraction of sp³-hybridized carbons (Fsp3) is 0.500. The average molecular weight is 206 g/mol. The third-order valence-electron chi connectivity index (χ3n) is 2.50. The molecule has 1 unspecified atom stereocenters. The standard InChI is InChI=1S/C8H10N6O/c9-6(4-1-2-4)8-11-7(13-15-8)5-3-10-14-12-5/h3-4,6H,1-2,9H2,(H,10,12,14). The Morgan fingerprint density at radius 2 is 2.40 bits per heavy atom.